The van der Waals surface area contributed by atoms with E-state index in [1.807, 2.05) is 0 Å². The van der Waals surface area contributed by atoms with Crippen molar-refractivity contribution in [1.82, 2.24) is 4.98 Å². The molecule has 0 aliphatic heterocycles. The normalized spacial score (nSPS) is 18.2. The summed E-state index contributed by atoms with van der Waals surface area (Å²) in [6.07, 6.45) is -2.69. The number of nitrogens with zero attached hydrogens (tertiary/aromatic N) is 1. The van der Waals surface area contributed by atoms with Gasteiger partial charge in [-0.05, 0) is 29.5 Å². The third-order valence-corrected chi connectivity index (χ3v) is 5.62. The lowest BCUT2D eigenvalue weighted by molar-refractivity contribution is 0.188. The molecule has 1 atom stereocenters. The highest BCUT2D eigenvalue weighted by atomic mass is 32.1. The van der Waals surface area contributed by atoms with Gasteiger partial charge in [-0.2, -0.15) is 8.78 Å². The van der Waals surface area contributed by atoms with E-state index in [1.165, 1.54) is 23.5 Å². The van der Waals surface area contributed by atoms with Gasteiger partial charge in [0.15, 0.2) is 5.13 Å². The van der Waals surface area contributed by atoms with Crippen molar-refractivity contribution in [2.45, 2.75) is 31.8 Å². The van der Waals surface area contributed by atoms with Crippen molar-refractivity contribution in [1.29, 1.82) is 0 Å². The van der Waals surface area contributed by atoms with Crippen molar-refractivity contribution in [3.63, 3.8) is 0 Å². The number of anilines is 1. The Labute approximate surface area is 135 Å². The summed E-state index contributed by atoms with van der Waals surface area (Å²) in [4.78, 5) is 14.5. The topological polar surface area (TPSA) is 85.4 Å². The SMILES string of the molecule is CC1(C)Cc2sc(N)nc2-c2cc(OP(=O)(O)C(F)F)ccc21. The van der Waals surface area contributed by atoms with Gasteiger partial charge < -0.3 is 15.2 Å². The van der Waals surface area contributed by atoms with Gasteiger partial charge in [0, 0.05) is 10.4 Å². The summed E-state index contributed by atoms with van der Waals surface area (Å²) < 4.78 is 41.1. The minimum absolute atomic E-state index is 0.0925. The number of fused-ring (bicyclic) bond motifs is 3. The van der Waals surface area contributed by atoms with Gasteiger partial charge in [-0.3, -0.25) is 0 Å². The Balaban J connectivity index is 2.10. The Hall–Kier alpha value is -1.50. The Kier molecular flexibility index (Phi) is 3.74. The van der Waals surface area contributed by atoms with Crippen LogP contribution in [0, 0.1) is 0 Å². The molecule has 0 fully saturated rings. The lowest BCUT2D eigenvalue weighted by Crippen LogP contribution is -2.24. The second-order valence-electron chi connectivity index (χ2n) is 6.03. The largest absolute Gasteiger partial charge is 0.442 e. The number of hydrogen-bond acceptors (Lipinski definition) is 5. The first kappa shape index (κ1) is 16.4. The minimum atomic E-state index is -5.01. The maximum Gasteiger partial charge on any atom is 0.442 e. The van der Waals surface area contributed by atoms with Crippen LogP contribution in [0.2, 0.25) is 0 Å². The molecule has 0 radical (unpaired) electrons. The Bertz CT molecular complexity index is 822. The van der Waals surface area contributed by atoms with Gasteiger partial charge in [-0.1, -0.05) is 19.9 Å². The molecule has 1 aliphatic carbocycles. The average molecular weight is 360 g/mol. The fourth-order valence-corrected chi connectivity index (χ4v) is 4.32. The van der Waals surface area contributed by atoms with Crippen molar-refractivity contribution in [3.8, 4) is 17.0 Å². The van der Waals surface area contributed by atoms with Gasteiger partial charge in [0.05, 0.1) is 5.69 Å². The van der Waals surface area contributed by atoms with Crippen molar-refractivity contribution < 1.29 is 22.8 Å². The van der Waals surface area contributed by atoms with Crippen LogP contribution in [-0.2, 0) is 16.4 Å². The standard InChI is InChI=1S/C14H15F2N2O3PS/c1-14(2)6-10-11(18-13(17)23-10)8-5-7(3-4-9(8)14)21-22(19,20)12(15)16/h3-5,12H,6H2,1-2H3,(H2,17,18)(H,19,20). The number of benzene rings is 1. The van der Waals surface area contributed by atoms with E-state index in [-0.39, 0.29) is 11.2 Å². The summed E-state index contributed by atoms with van der Waals surface area (Å²) in [6.45, 7) is 4.11. The second-order valence-corrected chi connectivity index (χ2v) is 8.84. The summed E-state index contributed by atoms with van der Waals surface area (Å²) in [5, 5.41) is 0.422. The van der Waals surface area contributed by atoms with Gasteiger partial charge in [-0.15, -0.1) is 11.3 Å². The minimum Gasteiger partial charge on any atom is -0.421 e. The van der Waals surface area contributed by atoms with E-state index in [0.29, 0.717) is 16.4 Å². The first-order valence-electron chi connectivity index (χ1n) is 6.80. The van der Waals surface area contributed by atoms with Crippen molar-refractivity contribution >= 4 is 24.1 Å². The molecule has 2 aromatic rings. The third kappa shape index (κ3) is 2.86. The molecule has 124 valence electrons. The first-order chi connectivity index (χ1) is 10.6. The molecule has 0 bridgehead atoms. The molecule has 9 heteroatoms. The van der Waals surface area contributed by atoms with Crippen LogP contribution < -0.4 is 10.3 Å². The highest BCUT2D eigenvalue weighted by Crippen LogP contribution is 2.51. The average Bonchev–Trinajstić information content (AvgIpc) is 2.77. The molecule has 23 heavy (non-hydrogen) atoms. The quantitative estimate of drug-likeness (QED) is 0.808. The number of nitrogens with two attached hydrogens (primary N) is 1. The monoisotopic (exact) mass is 360 g/mol. The van der Waals surface area contributed by atoms with Crippen LogP contribution in [0.4, 0.5) is 13.9 Å². The predicted molar refractivity (Wildman–Crippen MR) is 85.1 cm³/mol. The molecule has 0 amide bonds. The van der Waals surface area contributed by atoms with E-state index in [4.69, 9.17) is 5.73 Å². The highest BCUT2D eigenvalue weighted by Gasteiger charge is 2.36. The number of rotatable bonds is 3. The van der Waals surface area contributed by atoms with Gasteiger partial charge >= 0.3 is 13.8 Å². The zero-order chi connectivity index (χ0) is 17.0. The highest BCUT2D eigenvalue weighted by molar-refractivity contribution is 7.53. The van der Waals surface area contributed by atoms with E-state index in [2.05, 4.69) is 23.4 Å². The molecular formula is C14H15F2N2O3PS. The number of nitrogen functional groups attached to an aromatic ring is 1. The summed E-state index contributed by atoms with van der Waals surface area (Å²) in [5.41, 5.74) is 7.92. The van der Waals surface area contributed by atoms with Gasteiger partial charge in [0.25, 0.3) is 0 Å². The third-order valence-electron chi connectivity index (χ3n) is 3.77. The predicted octanol–water partition coefficient (Wildman–Crippen LogP) is 4.01. The summed E-state index contributed by atoms with van der Waals surface area (Å²) >= 11 is 1.38. The molecule has 1 aromatic heterocycles. The number of aromatic nitrogens is 1. The molecule has 5 nitrogen and oxygen atoms in total. The van der Waals surface area contributed by atoms with Gasteiger partial charge in [-0.25, -0.2) is 9.55 Å². The lowest BCUT2D eigenvalue weighted by Gasteiger charge is -2.32. The molecule has 1 heterocycles. The van der Waals surface area contributed by atoms with Gasteiger partial charge in [0.1, 0.15) is 5.75 Å². The number of halogens is 2. The Morgan fingerprint density at radius 1 is 1.48 bits per heavy atom. The summed E-state index contributed by atoms with van der Waals surface area (Å²) in [5.74, 6) is -0.0925. The van der Waals surface area contributed by atoms with Crippen LogP contribution in [0.25, 0.3) is 11.3 Å². The van der Waals surface area contributed by atoms with E-state index in [0.717, 1.165) is 16.9 Å². The van der Waals surface area contributed by atoms with E-state index in [9.17, 15) is 18.2 Å². The number of thiazole rings is 1. The Morgan fingerprint density at radius 3 is 2.83 bits per heavy atom. The molecule has 0 saturated heterocycles. The number of hydrogen-bond donors (Lipinski definition) is 2. The lowest BCUT2D eigenvalue weighted by atomic mass is 9.74. The van der Waals surface area contributed by atoms with Crippen LogP contribution in [-0.4, -0.2) is 16.0 Å². The maximum atomic E-state index is 12.5. The maximum absolute atomic E-state index is 12.5. The number of alkyl halides is 2. The molecule has 3 N–H and O–H groups in total. The van der Waals surface area contributed by atoms with E-state index >= 15 is 0 Å². The van der Waals surface area contributed by atoms with E-state index < -0.39 is 13.8 Å². The van der Waals surface area contributed by atoms with Crippen molar-refractivity contribution in [2.24, 2.45) is 0 Å². The molecule has 3 rings (SSSR count). The van der Waals surface area contributed by atoms with Crippen LogP contribution in [0.3, 0.4) is 0 Å². The smallest absolute Gasteiger partial charge is 0.421 e. The molecular weight excluding hydrogens is 345 g/mol. The zero-order valence-corrected chi connectivity index (χ0v) is 14.1. The van der Waals surface area contributed by atoms with Crippen LogP contribution >= 0.6 is 18.9 Å². The van der Waals surface area contributed by atoms with Gasteiger partial charge in [0.2, 0.25) is 0 Å². The molecule has 1 aromatic carbocycles. The first-order valence-corrected chi connectivity index (χ1v) is 9.27. The van der Waals surface area contributed by atoms with Crippen molar-refractivity contribution in [2.75, 3.05) is 5.73 Å². The molecule has 1 unspecified atom stereocenters. The van der Waals surface area contributed by atoms with Crippen molar-refractivity contribution in [3.05, 3.63) is 28.6 Å². The van der Waals surface area contributed by atoms with E-state index in [1.54, 1.807) is 6.07 Å². The fourth-order valence-electron chi connectivity index (χ4n) is 2.75. The Morgan fingerprint density at radius 2 is 2.17 bits per heavy atom. The van der Waals surface area contributed by atoms with Crippen LogP contribution in [0.5, 0.6) is 5.75 Å². The van der Waals surface area contributed by atoms with Crippen LogP contribution in [0.15, 0.2) is 18.2 Å². The molecule has 1 aliphatic rings. The molecule has 0 spiro atoms. The zero-order valence-electron chi connectivity index (χ0n) is 12.4. The summed E-state index contributed by atoms with van der Waals surface area (Å²) in [6, 6.07) is 4.61. The second kappa shape index (κ2) is 5.26. The molecule has 0 saturated carbocycles. The van der Waals surface area contributed by atoms with Crippen LogP contribution in [0.1, 0.15) is 24.3 Å². The summed E-state index contributed by atoms with van der Waals surface area (Å²) in [7, 11) is -5.01. The fraction of sp³-hybridized carbons (Fsp3) is 0.357.